The minimum absolute atomic E-state index is 0. The van der Waals surface area contributed by atoms with Crippen LogP contribution in [0.1, 0.15) is 211 Å². The van der Waals surface area contributed by atoms with E-state index >= 15 is 0 Å². The van der Waals surface area contributed by atoms with Crippen molar-refractivity contribution in [1.29, 1.82) is 0 Å². The molecule has 0 atom stereocenters. The van der Waals surface area contributed by atoms with Gasteiger partial charge in [0, 0.05) is 80.9 Å². The van der Waals surface area contributed by atoms with E-state index in [1.54, 1.807) is 26.5 Å². The van der Waals surface area contributed by atoms with Gasteiger partial charge in [-0.05, 0) is 37.8 Å². The summed E-state index contributed by atoms with van der Waals surface area (Å²) in [6.45, 7) is 25.5. The van der Waals surface area contributed by atoms with Gasteiger partial charge in [-0.2, -0.15) is 12.8 Å². The molecule has 12 heteroatoms. The van der Waals surface area contributed by atoms with E-state index in [0.717, 1.165) is 103 Å². The maximum Gasteiger partial charge on any atom is 0.342 e. The van der Waals surface area contributed by atoms with Crippen molar-refractivity contribution >= 4 is 41.8 Å². The Bertz CT molecular complexity index is 1120. The van der Waals surface area contributed by atoms with Gasteiger partial charge >= 0.3 is 11.9 Å². The fourth-order valence-corrected chi connectivity index (χ4v) is 4.82. The SMILES string of the molecule is CCCC.[B][B]CCC.[B][B]CCCCOC(=O)c1cc(OCCCCCCC)c(C(=O)OCCCCC)cc1OCCCCCCCC.[CH2-]CC.[CH2-]CC.[CH3-].[CH3-].[Y].[Y].c1ccccc1. The predicted molar refractivity (Wildman–Crippen MR) is 283 cm³/mol. The maximum absolute atomic E-state index is 13.1. The Morgan fingerprint density at radius 2 is 0.738 bits per heavy atom. The quantitative estimate of drug-likeness (QED) is 0.0350. The van der Waals surface area contributed by atoms with Gasteiger partial charge in [0.2, 0.25) is 0 Å². The van der Waals surface area contributed by atoms with Crippen LogP contribution in [0.5, 0.6) is 11.5 Å². The Morgan fingerprint density at radius 3 is 1.03 bits per heavy atom. The number of carbonyl (C=O) groups excluding carboxylic acids is 2. The van der Waals surface area contributed by atoms with Gasteiger partial charge in [-0.15, -0.1) is 0 Å². The van der Waals surface area contributed by atoms with E-state index in [1.165, 1.54) is 44.9 Å². The van der Waals surface area contributed by atoms with E-state index in [0.29, 0.717) is 37.9 Å². The molecule has 0 amide bonds. The number of carbonyl (C=O) groups is 2. The summed E-state index contributed by atoms with van der Waals surface area (Å²) < 4.78 is 23.3. The molecule has 0 spiro atoms. The van der Waals surface area contributed by atoms with E-state index in [4.69, 9.17) is 34.4 Å². The topological polar surface area (TPSA) is 71.1 Å². The number of ether oxygens (including phenoxy) is 4. The Morgan fingerprint density at radius 1 is 0.446 bits per heavy atom. The fraction of sp³-hybridized carbons (Fsp3) is 0.660. The van der Waals surface area contributed by atoms with Crippen LogP contribution in [0.4, 0.5) is 0 Å². The van der Waals surface area contributed by atoms with Gasteiger partial charge in [-0.1, -0.05) is 201 Å². The van der Waals surface area contributed by atoms with Gasteiger partial charge < -0.3 is 47.6 Å². The standard InChI is InChI=1S/C32H53B2O6.C6H6.C4H10.C3H7B2.2C3H7.2CH3.2Y/c1-4-7-10-12-14-18-22-38-30-25-27(31(35)39-23-16-9-6-3)29(37-21-17-13-11-8-5-2)26-28(30)32(36)40-24-19-15-20-34-33;1-2-4-6-5-3-1;1-3-4-2;1-2-3-5-4;2*1-3-2;;;;/h25-26H,4-24H2,1-3H3;1-6H;3-4H2,1-2H3;2-3H2,1H3;2*1,3H2,2H3;2*1H3;;/q;;;;4*-1;;. The summed E-state index contributed by atoms with van der Waals surface area (Å²) in [5.41, 5.74) is 0.568. The second-order valence-corrected chi connectivity index (χ2v) is 14.6. The van der Waals surface area contributed by atoms with Crippen molar-refractivity contribution in [2.24, 2.45) is 0 Å². The van der Waals surface area contributed by atoms with Crippen LogP contribution >= 0.6 is 0 Å². The van der Waals surface area contributed by atoms with Crippen LogP contribution < -0.4 is 9.47 Å². The summed E-state index contributed by atoms with van der Waals surface area (Å²) in [5.74, 6) is -0.262. The molecule has 0 N–H and O–H groups in total. The molecule has 65 heavy (non-hydrogen) atoms. The number of rotatable bonds is 29. The molecule has 0 bridgehead atoms. The largest absolute Gasteiger partial charge is 0.493 e. The smallest absolute Gasteiger partial charge is 0.342 e. The molecule has 0 fully saturated rings. The third-order valence-corrected chi connectivity index (χ3v) is 8.38. The van der Waals surface area contributed by atoms with Crippen LogP contribution in [0.25, 0.3) is 0 Å². The van der Waals surface area contributed by atoms with Crippen LogP contribution in [0.3, 0.4) is 0 Å². The minimum atomic E-state index is -0.481. The zero-order valence-corrected chi connectivity index (χ0v) is 49.7. The van der Waals surface area contributed by atoms with Gasteiger partial charge in [0.25, 0.3) is 0 Å². The fourth-order valence-electron chi connectivity index (χ4n) is 4.82. The first-order valence-electron chi connectivity index (χ1n) is 24.2. The summed E-state index contributed by atoms with van der Waals surface area (Å²) in [6.07, 6.45) is 24.2. The zero-order valence-electron chi connectivity index (χ0n) is 44.0. The molecular formula is C53H96B4O6Y2-4. The van der Waals surface area contributed by atoms with E-state index in [9.17, 15) is 9.59 Å². The molecule has 0 saturated carbocycles. The Balaban J connectivity index is -0.000000179. The van der Waals surface area contributed by atoms with Crippen molar-refractivity contribution in [3.8, 4) is 11.5 Å². The van der Waals surface area contributed by atoms with E-state index in [2.05, 4.69) is 55.4 Å². The van der Waals surface area contributed by atoms with Crippen molar-refractivity contribution in [2.45, 2.75) is 203 Å². The number of unbranched alkanes of at least 4 members (excludes halogenated alkanes) is 13. The minimum Gasteiger partial charge on any atom is -0.493 e. The molecule has 0 aliphatic rings. The summed E-state index contributed by atoms with van der Waals surface area (Å²) in [6, 6.07) is 15.2. The van der Waals surface area contributed by atoms with Crippen molar-refractivity contribution < 1.29 is 94.0 Å². The third-order valence-electron chi connectivity index (χ3n) is 8.38. The normalized spacial score (nSPS) is 8.95. The Hall–Kier alpha value is -0.552. The molecule has 0 aliphatic heterocycles. The van der Waals surface area contributed by atoms with Gasteiger partial charge in [0.05, 0.1) is 40.8 Å². The van der Waals surface area contributed by atoms with Gasteiger partial charge in [0.15, 0.2) is 0 Å². The predicted octanol–water partition coefficient (Wildman–Crippen LogP) is 15.7. The monoisotopic (exact) mass is 1050 g/mol. The molecule has 6 nitrogen and oxygen atoms in total. The molecular weight excluding hydrogens is 954 g/mol. The second kappa shape index (κ2) is 72.4. The second-order valence-electron chi connectivity index (χ2n) is 14.6. The molecule has 0 heterocycles. The van der Waals surface area contributed by atoms with Crippen molar-refractivity contribution in [1.82, 2.24) is 0 Å². The Labute approximate surface area is 460 Å². The van der Waals surface area contributed by atoms with Crippen molar-refractivity contribution in [3.05, 3.63) is 88.4 Å². The van der Waals surface area contributed by atoms with E-state index in [-0.39, 0.29) is 91.4 Å². The number of hydrogen-bond acceptors (Lipinski definition) is 6. The summed E-state index contributed by atoms with van der Waals surface area (Å²) in [7, 11) is 13.8. The molecule has 0 aliphatic carbocycles. The number of benzene rings is 2. The first-order chi connectivity index (χ1) is 29.7. The van der Waals surface area contributed by atoms with Gasteiger partial charge in [-0.3, -0.25) is 0 Å². The summed E-state index contributed by atoms with van der Waals surface area (Å²) >= 11 is 0. The van der Waals surface area contributed by atoms with Crippen LogP contribution in [0.2, 0.25) is 12.6 Å². The summed E-state index contributed by atoms with van der Waals surface area (Å²) in [5, 5.41) is 0. The average molecular weight is 1050 g/mol. The molecule has 0 unspecified atom stereocenters. The molecule has 0 aromatic heterocycles. The zero-order chi connectivity index (χ0) is 46.5. The molecule has 0 saturated heterocycles. The third kappa shape index (κ3) is 61.4. The number of esters is 2. The summed E-state index contributed by atoms with van der Waals surface area (Å²) in [4.78, 5) is 26.2. The Kier molecular flexibility index (Phi) is 90.7. The average Bonchev–Trinajstić information content (AvgIpc) is 3.28. The molecule has 366 valence electrons. The first kappa shape index (κ1) is 81.4. The van der Waals surface area contributed by atoms with Crippen LogP contribution in [-0.2, 0) is 74.9 Å². The molecule has 2 aromatic carbocycles. The van der Waals surface area contributed by atoms with Crippen molar-refractivity contribution in [2.75, 3.05) is 26.4 Å². The van der Waals surface area contributed by atoms with E-state index < -0.39 is 11.9 Å². The van der Waals surface area contributed by atoms with Gasteiger partial charge in [-0.25, -0.2) is 9.59 Å². The van der Waals surface area contributed by atoms with Gasteiger partial charge in [0.1, 0.15) is 22.6 Å². The molecule has 8 radical (unpaired) electrons. The number of hydrogen-bond donors (Lipinski definition) is 0. The first-order valence-corrected chi connectivity index (χ1v) is 24.2. The maximum atomic E-state index is 13.1. The molecule has 2 aromatic rings. The molecule has 2 rings (SSSR count). The van der Waals surface area contributed by atoms with E-state index in [1.807, 2.05) is 50.2 Å². The van der Waals surface area contributed by atoms with Crippen molar-refractivity contribution in [3.63, 3.8) is 0 Å². The van der Waals surface area contributed by atoms with Crippen LogP contribution in [0, 0.1) is 28.7 Å². The van der Waals surface area contributed by atoms with Crippen LogP contribution in [-0.4, -0.2) is 68.2 Å². The van der Waals surface area contributed by atoms with Crippen LogP contribution in [0.15, 0.2) is 48.5 Å².